The number of rotatable bonds is 1. The molecule has 2 heteroatoms. The van der Waals surface area contributed by atoms with Crippen molar-refractivity contribution >= 4 is 22.5 Å². The summed E-state index contributed by atoms with van der Waals surface area (Å²) in [6.07, 6.45) is 7.06. The van der Waals surface area contributed by atoms with E-state index < -0.39 is 0 Å². The van der Waals surface area contributed by atoms with Crippen LogP contribution < -0.4 is 0 Å². The van der Waals surface area contributed by atoms with Crippen molar-refractivity contribution in [3.63, 3.8) is 0 Å². The van der Waals surface area contributed by atoms with Crippen molar-refractivity contribution in [3.05, 3.63) is 41.1 Å². The average molecular weight is 232 g/mol. The van der Waals surface area contributed by atoms with E-state index in [1.54, 1.807) is 0 Å². The predicted molar refractivity (Wildman–Crippen MR) is 67.9 cm³/mol. The summed E-state index contributed by atoms with van der Waals surface area (Å²) in [5.41, 5.74) is 5.20. The fraction of sp³-hybridized carbons (Fsp3) is 0.357. The van der Waals surface area contributed by atoms with Gasteiger partial charge in [-0.15, -0.1) is 11.6 Å². The highest BCUT2D eigenvalue weighted by atomic mass is 35.5. The zero-order chi connectivity index (χ0) is 11.0. The molecule has 1 aromatic heterocycles. The highest BCUT2D eigenvalue weighted by Crippen LogP contribution is 2.28. The lowest BCUT2D eigenvalue weighted by Gasteiger charge is -2.17. The number of aromatic nitrogens is 1. The summed E-state index contributed by atoms with van der Waals surface area (Å²) >= 11 is 5.84. The summed E-state index contributed by atoms with van der Waals surface area (Å²) in [5, 5.41) is 1.33. The lowest BCUT2D eigenvalue weighted by molar-refractivity contribution is 0.687. The molecule has 0 amide bonds. The van der Waals surface area contributed by atoms with Crippen LogP contribution in [-0.2, 0) is 18.7 Å². The Hall–Kier alpha value is -1.08. The number of halogens is 1. The molecule has 0 atom stereocenters. The average Bonchev–Trinajstić information content (AvgIpc) is 2.38. The number of hydrogen-bond acceptors (Lipinski definition) is 1. The van der Waals surface area contributed by atoms with Gasteiger partial charge in [-0.1, -0.05) is 12.1 Å². The van der Waals surface area contributed by atoms with E-state index in [2.05, 4.69) is 29.4 Å². The number of pyridine rings is 1. The Labute approximate surface area is 100 Å². The van der Waals surface area contributed by atoms with Crippen LogP contribution in [0.25, 0.3) is 10.9 Å². The van der Waals surface area contributed by atoms with Gasteiger partial charge in [-0.05, 0) is 48.4 Å². The smallest absolute Gasteiger partial charge is 0.0708 e. The SMILES string of the molecule is ClCc1ccc2c3c(cnc2c1)CCCC3. The van der Waals surface area contributed by atoms with Crippen molar-refractivity contribution in [2.24, 2.45) is 0 Å². The molecule has 1 aromatic carbocycles. The van der Waals surface area contributed by atoms with Crippen LogP contribution in [0.1, 0.15) is 29.5 Å². The fourth-order valence-electron chi connectivity index (χ4n) is 2.55. The third-order valence-corrected chi connectivity index (χ3v) is 3.72. The van der Waals surface area contributed by atoms with Gasteiger partial charge in [-0.2, -0.15) is 0 Å². The molecule has 0 saturated heterocycles. The van der Waals surface area contributed by atoms with Crippen LogP contribution in [0.5, 0.6) is 0 Å². The maximum Gasteiger partial charge on any atom is 0.0708 e. The Morgan fingerprint density at radius 3 is 2.94 bits per heavy atom. The highest BCUT2D eigenvalue weighted by Gasteiger charge is 2.12. The minimum absolute atomic E-state index is 0.564. The molecule has 1 aliphatic rings. The first kappa shape index (κ1) is 10.1. The van der Waals surface area contributed by atoms with E-state index in [1.807, 2.05) is 0 Å². The third-order valence-electron chi connectivity index (χ3n) is 3.41. The molecule has 3 rings (SSSR count). The number of nitrogens with zero attached hydrogens (tertiary/aromatic N) is 1. The molecular formula is C14H14ClN. The number of fused-ring (bicyclic) bond motifs is 3. The molecule has 1 aliphatic carbocycles. The number of aryl methyl sites for hydroxylation is 2. The Morgan fingerprint density at radius 2 is 2.06 bits per heavy atom. The van der Waals surface area contributed by atoms with Crippen LogP contribution in [0.4, 0.5) is 0 Å². The zero-order valence-corrected chi connectivity index (χ0v) is 9.93. The van der Waals surface area contributed by atoms with E-state index in [-0.39, 0.29) is 0 Å². The minimum Gasteiger partial charge on any atom is -0.256 e. The first-order valence-electron chi connectivity index (χ1n) is 5.84. The molecule has 0 aliphatic heterocycles. The van der Waals surface area contributed by atoms with E-state index in [0.717, 1.165) is 11.1 Å². The Kier molecular flexibility index (Phi) is 2.56. The summed E-state index contributed by atoms with van der Waals surface area (Å²) < 4.78 is 0. The molecule has 0 bridgehead atoms. The van der Waals surface area contributed by atoms with Crippen molar-refractivity contribution in [2.45, 2.75) is 31.6 Å². The van der Waals surface area contributed by atoms with Crippen molar-refractivity contribution in [1.29, 1.82) is 0 Å². The fourth-order valence-corrected chi connectivity index (χ4v) is 2.71. The topological polar surface area (TPSA) is 12.9 Å². The van der Waals surface area contributed by atoms with Gasteiger partial charge in [0.1, 0.15) is 0 Å². The molecule has 16 heavy (non-hydrogen) atoms. The largest absolute Gasteiger partial charge is 0.256 e. The quantitative estimate of drug-likeness (QED) is 0.680. The van der Waals surface area contributed by atoms with Gasteiger partial charge in [-0.25, -0.2) is 0 Å². The summed E-state index contributed by atoms with van der Waals surface area (Å²) in [5.74, 6) is 0.564. The van der Waals surface area contributed by atoms with Crippen LogP contribution >= 0.6 is 11.6 Å². The summed E-state index contributed by atoms with van der Waals surface area (Å²) in [6.45, 7) is 0. The molecular weight excluding hydrogens is 218 g/mol. The number of hydrogen-bond donors (Lipinski definition) is 0. The molecule has 2 aromatic rings. The Morgan fingerprint density at radius 1 is 1.19 bits per heavy atom. The van der Waals surface area contributed by atoms with Crippen LogP contribution in [0.15, 0.2) is 24.4 Å². The first-order valence-corrected chi connectivity index (χ1v) is 6.37. The molecule has 0 unspecified atom stereocenters. The van der Waals surface area contributed by atoms with E-state index in [9.17, 15) is 0 Å². The van der Waals surface area contributed by atoms with Crippen LogP contribution in [-0.4, -0.2) is 4.98 Å². The zero-order valence-electron chi connectivity index (χ0n) is 9.17. The second kappa shape index (κ2) is 4.06. The molecule has 0 radical (unpaired) electrons. The molecule has 0 saturated carbocycles. The minimum atomic E-state index is 0.564. The van der Waals surface area contributed by atoms with Crippen LogP contribution in [0.3, 0.4) is 0 Å². The number of alkyl halides is 1. The summed E-state index contributed by atoms with van der Waals surface area (Å²) in [4.78, 5) is 4.54. The summed E-state index contributed by atoms with van der Waals surface area (Å²) in [7, 11) is 0. The van der Waals surface area contributed by atoms with Gasteiger partial charge in [0.05, 0.1) is 5.52 Å². The van der Waals surface area contributed by atoms with E-state index in [4.69, 9.17) is 11.6 Å². The van der Waals surface area contributed by atoms with Gasteiger partial charge < -0.3 is 0 Å². The maximum absolute atomic E-state index is 5.84. The van der Waals surface area contributed by atoms with E-state index in [0.29, 0.717) is 5.88 Å². The second-order valence-electron chi connectivity index (χ2n) is 4.45. The second-order valence-corrected chi connectivity index (χ2v) is 4.72. The van der Waals surface area contributed by atoms with Gasteiger partial charge in [0.25, 0.3) is 0 Å². The van der Waals surface area contributed by atoms with Crippen molar-refractivity contribution in [3.8, 4) is 0 Å². The molecule has 82 valence electrons. The Bertz CT molecular complexity index is 533. The van der Waals surface area contributed by atoms with Gasteiger partial charge in [0.15, 0.2) is 0 Å². The van der Waals surface area contributed by atoms with Gasteiger partial charge in [0.2, 0.25) is 0 Å². The van der Waals surface area contributed by atoms with Gasteiger partial charge in [-0.3, -0.25) is 4.98 Å². The Balaban J connectivity index is 2.24. The van der Waals surface area contributed by atoms with Crippen LogP contribution in [0, 0.1) is 0 Å². The first-order chi connectivity index (χ1) is 7.88. The molecule has 1 heterocycles. The molecule has 0 fully saturated rings. The van der Waals surface area contributed by atoms with E-state index in [1.165, 1.54) is 42.2 Å². The van der Waals surface area contributed by atoms with Gasteiger partial charge in [0, 0.05) is 17.5 Å². The van der Waals surface area contributed by atoms with Crippen molar-refractivity contribution in [2.75, 3.05) is 0 Å². The van der Waals surface area contributed by atoms with E-state index >= 15 is 0 Å². The molecule has 0 N–H and O–H groups in total. The van der Waals surface area contributed by atoms with Gasteiger partial charge >= 0.3 is 0 Å². The monoisotopic (exact) mass is 231 g/mol. The van der Waals surface area contributed by atoms with Crippen LogP contribution in [0.2, 0.25) is 0 Å². The van der Waals surface area contributed by atoms with Crippen molar-refractivity contribution < 1.29 is 0 Å². The number of benzene rings is 1. The predicted octanol–water partition coefficient (Wildman–Crippen LogP) is 3.85. The lowest BCUT2D eigenvalue weighted by atomic mass is 9.90. The highest BCUT2D eigenvalue weighted by molar-refractivity contribution is 6.17. The summed E-state index contributed by atoms with van der Waals surface area (Å²) in [6, 6.07) is 6.41. The normalized spacial score (nSPS) is 15.1. The lowest BCUT2D eigenvalue weighted by Crippen LogP contribution is -2.04. The maximum atomic E-state index is 5.84. The third kappa shape index (κ3) is 1.60. The van der Waals surface area contributed by atoms with Crippen molar-refractivity contribution in [1.82, 2.24) is 4.98 Å². The molecule has 1 nitrogen and oxygen atoms in total. The molecule has 0 spiro atoms. The standard InChI is InChI=1S/C14H14ClN/c15-8-10-5-6-13-12-4-2-1-3-11(12)9-16-14(13)7-10/h5-7,9H,1-4,8H2.